The summed E-state index contributed by atoms with van der Waals surface area (Å²) in [6, 6.07) is 0. The summed E-state index contributed by atoms with van der Waals surface area (Å²) in [7, 11) is 0. The van der Waals surface area contributed by atoms with Gasteiger partial charge in [0.1, 0.15) is 0 Å². The molecule has 6 heteroatoms. The van der Waals surface area contributed by atoms with Crippen LogP contribution in [0.3, 0.4) is 0 Å². The molecule has 0 atom stereocenters. The highest BCUT2D eigenvalue weighted by atomic mass is 19.4. The van der Waals surface area contributed by atoms with E-state index in [1.807, 2.05) is 0 Å². The second-order valence-electron chi connectivity index (χ2n) is 2.45. The number of hydrogen-bond donors (Lipinski definition) is 0. The fourth-order valence-corrected chi connectivity index (χ4v) is 0.591. The molecular formula is C6H7F3O3. The molecule has 0 unspecified atom stereocenters. The summed E-state index contributed by atoms with van der Waals surface area (Å²) in [6.07, 6.45) is -3.33. The van der Waals surface area contributed by atoms with Gasteiger partial charge in [-0.05, 0) is 12.8 Å². The number of ether oxygens (including phenoxy) is 2. The van der Waals surface area contributed by atoms with Gasteiger partial charge in [0.15, 0.2) is 0 Å². The maximum Gasteiger partial charge on any atom is 0.525 e. The van der Waals surface area contributed by atoms with Crippen LogP contribution in [-0.2, 0) is 14.3 Å². The third-order valence-corrected chi connectivity index (χ3v) is 1.33. The fraction of sp³-hybridized carbons (Fsp3) is 0.833. The van der Waals surface area contributed by atoms with Gasteiger partial charge in [0.05, 0.1) is 5.92 Å². The Labute approximate surface area is 66.4 Å². The van der Waals surface area contributed by atoms with Crippen LogP contribution in [0.15, 0.2) is 0 Å². The molecule has 1 saturated carbocycles. The first kappa shape index (κ1) is 9.31. The number of alkyl halides is 3. The van der Waals surface area contributed by atoms with E-state index in [0.29, 0.717) is 12.8 Å². The van der Waals surface area contributed by atoms with Crippen molar-refractivity contribution in [3.8, 4) is 0 Å². The van der Waals surface area contributed by atoms with E-state index in [9.17, 15) is 18.0 Å². The third-order valence-electron chi connectivity index (χ3n) is 1.33. The highest BCUT2D eigenvalue weighted by Crippen LogP contribution is 2.30. The minimum atomic E-state index is -4.73. The Morgan fingerprint density at radius 1 is 1.42 bits per heavy atom. The summed E-state index contributed by atoms with van der Waals surface area (Å²) in [5.41, 5.74) is 0. The van der Waals surface area contributed by atoms with Crippen LogP contribution >= 0.6 is 0 Å². The Bertz CT molecular complexity index is 173. The normalized spacial score (nSPS) is 17.6. The minimum absolute atomic E-state index is 0.207. The second-order valence-corrected chi connectivity index (χ2v) is 2.45. The van der Waals surface area contributed by atoms with Gasteiger partial charge < -0.3 is 4.74 Å². The van der Waals surface area contributed by atoms with Crippen molar-refractivity contribution in [2.75, 3.05) is 6.79 Å². The Morgan fingerprint density at radius 3 is 2.42 bits per heavy atom. The van der Waals surface area contributed by atoms with E-state index in [0.717, 1.165) is 0 Å². The number of hydrogen-bond acceptors (Lipinski definition) is 3. The van der Waals surface area contributed by atoms with Crippen molar-refractivity contribution in [2.24, 2.45) is 5.92 Å². The Morgan fingerprint density at radius 2 is 2.00 bits per heavy atom. The average molecular weight is 184 g/mol. The molecule has 0 aromatic carbocycles. The second kappa shape index (κ2) is 3.30. The molecule has 0 aromatic rings. The molecule has 3 nitrogen and oxygen atoms in total. The minimum Gasteiger partial charge on any atom is -0.438 e. The van der Waals surface area contributed by atoms with Crippen molar-refractivity contribution >= 4 is 5.97 Å². The van der Waals surface area contributed by atoms with Gasteiger partial charge in [-0.15, -0.1) is 13.2 Å². The molecule has 0 spiro atoms. The quantitative estimate of drug-likeness (QED) is 0.491. The lowest BCUT2D eigenvalue weighted by Gasteiger charge is -2.07. The van der Waals surface area contributed by atoms with E-state index in [1.165, 1.54) is 0 Å². The topological polar surface area (TPSA) is 35.5 Å². The van der Waals surface area contributed by atoms with E-state index in [2.05, 4.69) is 9.47 Å². The number of carbonyl (C=O) groups is 1. The maximum absolute atomic E-state index is 11.3. The largest absolute Gasteiger partial charge is 0.525 e. The first-order valence-electron chi connectivity index (χ1n) is 3.36. The monoisotopic (exact) mass is 184 g/mol. The van der Waals surface area contributed by atoms with Crippen LogP contribution in [0.5, 0.6) is 0 Å². The first-order valence-corrected chi connectivity index (χ1v) is 3.36. The number of rotatable bonds is 3. The summed E-state index contributed by atoms with van der Waals surface area (Å²) in [6.45, 7) is -1.04. The van der Waals surface area contributed by atoms with Gasteiger partial charge in [-0.1, -0.05) is 0 Å². The molecule has 0 radical (unpaired) electrons. The maximum atomic E-state index is 11.3. The van der Waals surface area contributed by atoms with Crippen molar-refractivity contribution in [2.45, 2.75) is 19.2 Å². The van der Waals surface area contributed by atoms with Crippen molar-refractivity contribution < 1.29 is 27.4 Å². The zero-order chi connectivity index (χ0) is 9.19. The van der Waals surface area contributed by atoms with Gasteiger partial charge in [-0.25, -0.2) is 0 Å². The van der Waals surface area contributed by atoms with Gasteiger partial charge >= 0.3 is 12.3 Å². The van der Waals surface area contributed by atoms with Gasteiger partial charge in [0.2, 0.25) is 6.79 Å². The molecule has 0 bridgehead atoms. The molecule has 70 valence electrons. The van der Waals surface area contributed by atoms with Crippen LogP contribution in [-0.4, -0.2) is 19.1 Å². The molecule has 0 amide bonds. The molecule has 0 saturated heterocycles. The zero-order valence-corrected chi connectivity index (χ0v) is 6.06. The lowest BCUT2D eigenvalue weighted by molar-refractivity contribution is -0.345. The summed E-state index contributed by atoms with van der Waals surface area (Å²) < 4.78 is 41.3. The van der Waals surface area contributed by atoms with E-state index >= 15 is 0 Å². The average Bonchev–Trinajstić information content (AvgIpc) is 2.64. The predicted molar refractivity (Wildman–Crippen MR) is 30.8 cm³/mol. The first-order chi connectivity index (χ1) is 5.49. The Balaban J connectivity index is 2.05. The predicted octanol–water partition coefficient (Wildman–Crippen LogP) is 1.43. The fourth-order valence-electron chi connectivity index (χ4n) is 0.591. The SMILES string of the molecule is O=C(OCOC(F)(F)F)C1CC1. The molecule has 12 heavy (non-hydrogen) atoms. The van der Waals surface area contributed by atoms with E-state index in [1.54, 1.807) is 0 Å². The molecule has 0 aromatic heterocycles. The van der Waals surface area contributed by atoms with Gasteiger partial charge in [-0.2, -0.15) is 0 Å². The molecule has 1 aliphatic carbocycles. The highest BCUT2D eigenvalue weighted by Gasteiger charge is 2.33. The lowest BCUT2D eigenvalue weighted by Crippen LogP contribution is -2.18. The number of carbonyl (C=O) groups excluding carboxylic acids is 1. The van der Waals surface area contributed by atoms with Crippen LogP contribution in [0, 0.1) is 5.92 Å². The molecule has 0 heterocycles. The summed E-state index contributed by atoms with van der Waals surface area (Å²) in [5, 5.41) is 0. The molecule has 1 fully saturated rings. The van der Waals surface area contributed by atoms with Gasteiger partial charge in [0, 0.05) is 0 Å². The smallest absolute Gasteiger partial charge is 0.438 e. The summed E-state index contributed by atoms with van der Waals surface area (Å²) >= 11 is 0. The Hall–Kier alpha value is -0.780. The zero-order valence-electron chi connectivity index (χ0n) is 6.06. The van der Waals surface area contributed by atoms with Crippen LogP contribution < -0.4 is 0 Å². The van der Waals surface area contributed by atoms with Crippen LogP contribution in [0.2, 0.25) is 0 Å². The van der Waals surface area contributed by atoms with Crippen molar-refractivity contribution in [1.82, 2.24) is 0 Å². The summed E-state index contributed by atoms with van der Waals surface area (Å²) in [5.74, 6) is -0.818. The van der Waals surface area contributed by atoms with Gasteiger partial charge in [0.25, 0.3) is 0 Å². The van der Waals surface area contributed by atoms with Gasteiger partial charge in [-0.3, -0.25) is 9.53 Å². The standard InChI is InChI=1S/C6H7F3O3/c7-6(8,9)12-3-11-5(10)4-1-2-4/h4H,1-3H2. The van der Waals surface area contributed by atoms with Crippen molar-refractivity contribution in [3.63, 3.8) is 0 Å². The van der Waals surface area contributed by atoms with E-state index in [-0.39, 0.29) is 5.92 Å². The molecule has 1 rings (SSSR count). The summed E-state index contributed by atoms with van der Waals surface area (Å²) in [4.78, 5) is 10.6. The van der Waals surface area contributed by atoms with E-state index in [4.69, 9.17) is 0 Å². The molecule has 0 aliphatic heterocycles. The van der Waals surface area contributed by atoms with Crippen LogP contribution in [0.25, 0.3) is 0 Å². The molecule has 0 N–H and O–H groups in total. The lowest BCUT2D eigenvalue weighted by atomic mass is 10.4. The molecule has 1 aliphatic rings. The van der Waals surface area contributed by atoms with Crippen LogP contribution in [0.4, 0.5) is 13.2 Å². The third kappa shape index (κ3) is 3.56. The van der Waals surface area contributed by atoms with Crippen molar-refractivity contribution in [3.05, 3.63) is 0 Å². The molecular weight excluding hydrogens is 177 g/mol. The highest BCUT2D eigenvalue weighted by molar-refractivity contribution is 5.74. The number of esters is 1. The van der Waals surface area contributed by atoms with E-state index < -0.39 is 19.1 Å². The number of halogens is 3. The van der Waals surface area contributed by atoms with Crippen molar-refractivity contribution in [1.29, 1.82) is 0 Å². The van der Waals surface area contributed by atoms with Crippen LogP contribution in [0.1, 0.15) is 12.8 Å². The Kier molecular flexibility index (Phi) is 2.56.